The van der Waals surface area contributed by atoms with Gasteiger partial charge in [-0.3, -0.25) is 5.43 Å². The normalized spacial score (nSPS) is 18.4. The van der Waals surface area contributed by atoms with Crippen LogP contribution in [0.4, 0.5) is 4.79 Å². The van der Waals surface area contributed by atoms with Crippen LogP contribution in [-0.4, -0.2) is 41.2 Å². The molecular weight excluding hydrogens is 222 g/mol. The lowest BCUT2D eigenvalue weighted by Gasteiger charge is -2.27. The lowest BCUT2D eigenvalue weighted by molar-refractivity contribution is -0.139. The number of carboxylic acids is 1. The number of hydrogen-bond donors (Lipinski definition) is 3. The Bertz CT molecular complexity index is 265. The zero-order valence-electron chi connectivity index (χ0n) is 10.2. The van der Waals surface area contributed by atoms with E-state index >= 15 is 0 Å². The van der Waals surface area contributed by atoms with Crippen molar-refractivity contribution < 1.29 is 14.7 Å². The van der Waals surface area contributed by atoms with Crippen LogP contribution in [-0.2, 0) is 4.79 Å². The van der Waals surface area contributed by atoms with Crippen molar-refractivity contribution in [2.75, 3.05) is 13.1 Å². The van der Waals surface area contributed by atoms with Crippen LogP contribution in [0.2, 0.25) is 0 Å². The number of aliphatic carboxylic acids is 1. The number of amides is 2. The van der Waals surface area contributed by atoms with Crippen LogP contribution in [0.15, 0.2) is 0 Å². The van der Waals surface area contributed by atoms with E-state index in [0.29, 0.717) is 6.42 Å². The summed E-state index contributed by atoms with van der Waals surface area (Å²) in [5.74, 6) is -0.986. The summed E-state index contributed by atoms with van der Waals surface area (Å²) in [6.45, 7) is 3.55. The number of hydrogen-bond acceptors (Lipinski definition) is 3. The van der Waals surface area contributed by atoms with Crippen LogP contribution >= 0.6 is 0 Å². The van der Waals surface area contributed by atoms with E-state index < -0.39 is 18.0 Å². The van der Waals surface area contributed by atoms with Crippen molar-refractivity contribution in [2.45, 2.75) is 45.1 Å². The van der Waals surface area contributed by atoms with E-state index in [0.717, 1.165) is 32.4 Å². The lowest BCUT2D eigenvalue weighted by atomic mass is 10.2. The molecule has 17 heavy (non-hydrogen) atoms. The zero-order chi connectivity index (χ0) is 12.7. The fraction of sp³-hybridized carbons (Fsp3) is 0.818. The summed E-state index contributed by atoms with van der Waals surface area (Å²) in [5, 5.41) is 13.2. The van der Waals surface area contributed by atoms with Gasteiger partial charge >= 0.3 is 12.0 Å². The minimum absolute atomic E-state index is 0.423. The third-order valence-corrected chi connectivity index (χ3v) is 2.80. The monoisotopic (exact) mass is 243 g/mol. The summed E-state index contributed by atoms with van der Waals surface area (Å²) in [4.78, 5) is 22.4. The van der Waals surface area contributed by atoms with E-state index in [9.17, 15) is 9.59 Å². The SMILES string of the molecule is CCC[C@@H](NC(=O)NN1CCCCC1)C(=O)O. The average Bonchev–Trinajstić information content (AvgIpc) is 2.29. The van der Waals surface area contributed by atoms with Crippen LogP contribution in [0.5, 0.6) is 0 Å². The molecule has 0 saturated carbocycles. The second-order valence-corrected chi connectivity index (χ2v) is 4.31. The lowest BCUT2D eigenvalue weighted by Crippen LogP contribution is -2.53. The molecular formula is C11H21N3O3. The molecule has 0 unspecified atom stereocenters. The third-order valence-electron chi connectivity index (χ3n) is 2.80. The average molecular weight is 243 g/mol. The summed E-state index contributed by atoms with van der Waals surface area (Å²) >= 11 is 0. The molecule has 0 aromatic rings. The van der Waals surface area contributed by atoms with Crippen molar-refractivity contribution in [3.63, 3.8) is 0 Å². The maximum absolute atomic E-state index is 11.6. The highest BCUT2D eigenvalue weighted by molar-refractivity contribution is 5.82. The molecule has 0 spiro atoms. The van der Waals surface area contributed by atoms with Gasteiger partial charge in [-0.2, -0.15) is 0 Å². The molecule has 6 heteroatoms. The Labute approximate surface area is 101 Å². The fourth-order valence-electron chi connectivity index (χ4n) is 1.89. The highest BCUT2D eigenvalue weighted by atomic mass is 16.4. The predicted octanol–water partition coefficient (Wildman–Crippen LogP) is 0.940. The molecule has 1 fully saturated rings. The summed E-state index contributed by atoms with van der Waals surface area (Å²) < 4.78 is 0. The number of piperidine rings is 1. The summed E-state index contributed by atoms with van der Waals surface area (Å²) in [7, 11) is 0. The molecule has 2 amide bonds. The Kier molecular flexibility index (Phi) is 5.76. The smallest absolute Gasteiger partial charge is 0.330 e. The molecule has 6 nitrogen and oxygen atoms in total. The van der Waals surface area contributed by atoms with Crippen LogP contribution in [0, 0.1) is 0 Å². The van der Waals surface area contributed by atoms with Crippen LogP contribution in [0.25, 0.3) is 0 Å². The zero-order valence-corrected chi connectivity index (χ0v) is 10.2. The Morgan fingerprint density at radius 3 is 2.47 bits per heavy atom. The third kappa shape index (κ3) is 5.04. The second kappa shape index (κ2) is 7.11. The highest BCUT2D eigenvalue weighted by Crippen LogP contribution is 2.05. The van der Waals surface area contributed by atoms with Crippen molar-refractivity contribution in [3.8, 4) is 0 Å². The van der Waals surface area contributed by atoms with Gasteiger partial charge in [0.15, 0.2) is 0 Å². The number of nitrogens with zero attached hydrogens (tertiary/aromatic N) is 1. The van der Waals surface area contributed by atoms with Crippen molar-refractivity contribution >= 4 is 12.0 Å². The minimum Gasteiger partial charge on any atom is -0.480 e. The van der Waals surface area contributed by atoms with Crippen LogP contribution < -0.4 is 10.7 Å². The number of carboxylic acid groups (broad SMARTS) is 1. The molecule has 1 atom stereocenters. The maximum atomic E-state index is 11.6. The topological polar surface area (TPSA) is 81.7 Å². The molecule has 98 valence electrons. The maximum Gasteiger partial charge on any atom is 0.330 e. The van der Waals surface area contributed by atoms with E-state index in [1.54, 1.807) is 0 Å². The van der Waals surface area contributed by atoms with E-state index in [-0.39, 0.29) is 0 Å². The Balaban J connectivity index is 2.33. The molecule has 1 saturated heterocycles. The Morgan fingerprint density at radius 2 is 1.94 bits per heavy atom. The molecule has 0 aliphatic carbocycles. The predicted molar refractivity (Wildman–Crippen MR) is 63.4 cm³/mol. The largest absolute Gasteiger partial charge is 0.480 e. The van der Waals surface area contributed by atoms with Gasteiger partial charge in [0.25, 0.3) is 0 Å². The van der Waals surface area contributed by atoms with Crippen molar-refractivity contribution in [2.24, 2.45) is 0 Å². The van der Waals surface area contributed by atoms with Gasteiger partial charge in [0.05, 0.1) is 0 Å². The first kappa shape index (κ1) is 13.8. The molecule has 3 N–H and O–H groups in total. The molecule has 0 aromatic heterocycles. The van der Waals surface area contributed by atoms with Gasteiger partial charge in [-0.25, -0.2) is 14.6 Å². The summed E-state index contributed by atoms with van der Waals surface area (Å²) in [6.07, 6.45) is 4.49. The Morgan fingerprint density at radius 1 is 1.29 bits per heavy atom. The number of carbonyl (C=O) groups is 2. The fourth-order valence-corrected chi connectivity index (χ4v) is 1.89. The van der Waals surface area contributed by atoms with Gasteiger partial charge in [-0.1, -0.05) is 19.8 Å². The van der Waals surface area contributed by atoms with E-state index in [1.807, 2.05) is 11.9 Å². The highest BCUT2D eigenvalue weighted by Gasteiger charge is 2.20. The summed E-state index contributed by atoms with van der Waals surface area (Å²) in [6, 6.07) is -1.22. The Hall–Kier alpha value is -1.30. The number of nitrogens with one attached hydrogen (secondary N) is 2. The first-order chi connectivity index (χ1) is 8.13. The van der Waals surface area contributed by atoms with Crippen molar-refractivity contribution in [1.82, 2.24) is 15.8 Å². The number of carbonyl (C=O) groups excluding carboxylic acids is 1. The number of hydrazine groups is 1. The molecule has 1 rings (SSSR count). The molecule has 0 aromatic carbocycles. The van der Waals surface area contributed by atoms with Gasteiger partial charge in [0, 0.05) is 13.1 Å². The van der Waals surface area contributed by atoms with Gasteiger partial charge in [0.1, 0.15) is 6.04 Å². The first-order valence-electron chi connectivity index (χ1n) is 6.18. The van der Waals surface area contributed by atoms with Crippen molar-refractivity contribution in [1.29, 1.82) is 0 Å². The molecule has 1 aliphatic rings. The van der Waals surface area contributed by atoms with Gasteiger partial charge in [-0.05, 0) is 19.3 Å². The minimum atomic E-state index is -0.986. The molecule has 1 aliphatic heterocycles. The molecule has 1 heterocycles. The van der Waals surface area contributed by atoms with E-state index in [2.05, 4.69) is 10.7 Å². The second-order valence-electron chi connectivity index (χ2n) is 4.31. The van der Waals surface area contributed by atoms with E-state index in [4.69, 9.17) is 5.11 Å². The number of urea groups is 1. The van der Waals surface area contributed by atoms with Crippen molar-refractivity contribution in [3.05, 3.63) is 0 Å². The van der Waals surface area contributed by atoms with Crippen LogP contribution in [0.1, 0.15) is 39.0 Å². The van der Waals surface area contributed by atoms with Gasteiger partial charge in [-0.15, -0.1) is 0 Å². The van der Waals surface area contributed by atoms with Crippen LogP contribution in [0.3, 0.4) is 0 Å². The standard InChI is InChI=1S/C11H21N3O3/c1-2-6-9(10(15)16)12-11(17)13-14-7-4-3-5-8-14/h9H,2-8H2,1H3,(H,15,16)(H2,12,13,17)/t9-/m1/s1. The first-order valence-corrected chi connectivity index (χ1v) is 6.18. The molecule has 0 radical (unpaired) electrons. The number of rotatable bonds is 5. The van der Waals surface area contributed by atoms with E-state index in [1.165, 1.54) is 6.42 Å². The summed E-state index contributed by atoms with van der Waals surface area (Å²) in [5.41, 5.74) is 2.68. The quantitative estimate of drug-likeness (QED) is 0.671. The van der Waals surface area contributed by atoms with Gasteiger partial charge < -0.3 is 10.4 Å². The molecule has 0 bridgehead atoms. The van der Waals surface area contributed by atoms with Gasteiger partial charge in [0.2, 0.25) is 0 Å².